The lowest BCUT2D eigenvalue weighted by Crippen LogP contribution is -2.44. The fourth-order valence-corrected chi connectivity index (χ4v) is 2.72. The highest BCUT2D eigenvalue weighted by molar-refractivity contribution is 5.19. The minimum absolute atomic E-state index is 0.00746. The van der Waals surface area contributed by atoms with Gasteiger partial charge in [0, 0.05) is 11.1 Å². The smallest absolute Gasteiger partial charge is 0.296 e. The van der Waals surface area contributed by atoms with Gasteiger partial charge in [-0.25, -0.2) is 0 Å². The zero-order chi connectivity index (χ0) is 14.5. The van der Waals surface area contributed by atoms with Crippen LogP contribution in [-0.2, 0) is 10.7 Å². The van der Waals surface area contributed by atoms with Gasteiger partial charge in [-0.3, -0.25) is 0 Å². The van der Waals surface area contributed by atoms with Gasteiger partial charge < -0.3 is 10.5 Å². The van der Waals surface area contributed by atoms with Gasteiger partial charge in [-0.05, 0) is 12.8 Å². The second-order valence-electron chi connectivity index (χ2n) is 5.84. The molecule has 1 aliphatic rings. The van der Waals surface area contributed by atoms with E-state index in [1.165, 1.54) is 25.0 Å². The van der Waals surface area contributed by atoms with Crippen LogP contribution in [0.5, 0.6) is 0 Å². The highest BCUT2D eigenvalue weighted by atomic mass is 19.3. The molecule has 1 aliphatic carbocycles. The standard InChI is InChI=1S/C16H23F2NO/c17-16(18,14-8-4-3-5-9-14)13-20-12-15(19)10-6-1-2-7-11-15/h3-5,8-9H,1-2,6-7,10-13,19H2. The average molecular weight is 283 g/mol. The van der Waals surface area contributed by atoms with Crippen LogP contribution < -0.4 is 5.73 Å². The van der Waals surface area contributed by atoms with Gasteiger partial charge in [0.05, 0.1) is 6.61 Å². The zero-order valence-electron chi connectivity index (χ0n) is 11.8. The summed E-state index contributed by atoms with van der Waals surface area (Å²) in [6, 6.07) is 7.79. The molecular formula is C16H23F2NO. The quantitative estimate of drug-likeness (QED) is 0.833. The van der Waals surface area contributed by atoms with Crippen LogP contribution in [0.4, 0.5) is 8.78 Å². The Balaban J connectivity index is 1.85. The molecule has 0 aliphatic heterocycles. The van der Waals surface area contributed by atoms with Crippen LogP contribution in [-0.4, -0.2) is 18.8 Å². The van der Waals surface area contributed by atoms with E-state index in [1.807, 2.05) is 0 Å². The Morgan fingerprint density at radius 1 is 1.05 bits per heavy atom. The molecule has 2 nitrogen and oxygen atoms in total. The van der Waals surface area contributed by atoms with Gasteiger partial charge in [-0.1, -0.05) is 56.0 Å². The predicted octanol–water partition coefficient (Wildman–Crippen LogP) is 3.85. The highest BCUT2D eigenvalue weighted by Gasteiger charge is 2.33. The first kappa shape index (κ1) is 15.4. The molecule has 0 heterocycles. The Labute approximate surface area is 119 Å². The van der Waals surface area contributed by atoms with Gasteiger partial charge in [0.1, 0.15) is 6.61 Å². The molecule has 0 unspecified atom stereocenters. The van der Waals surface area contributed by atoms with Crippen LogP contribution in [0.3, 0.4) is 0 Å². The van der Waals surface area contributed by atoms with Crippen LogP contribution in [0.25, 0.3) is 0 Å². The van der Waals surface area contributed by atoms with Crippen molar-refractivity contribution in [2.75, 3.05) is 13.2 Å². The fourth-order valence-electron chi connectivity index (χ4n) is 2.72. The molecule has 0 saturated heterocycles. The first-order valence-electron chi connectivity index (χ1n) is 7.32. The number of hydrogen-bond donors (Lipinski definition) is 1. The number of halogens is 2. The first-order valence-corrected chi connectivity index (χ1v) is 7.32. The second-order valence-corrected chi connectivity index (χ2v) is 5.84. The summed E-state index contributed by atoms with van der Waals surface area (Å²) in [7, 11) is 0. The largest absolute Gasteiger partial charge is 0.373 e. The Bertz CT molecular complexity index is 400. The molecule has 2 N–H and O–H groups in total. The van der Waals surface area contributed by atoms with E-state index < -0.39 is 18.1 Å². The van der Waals surface area contributed by atoms with Gasteiger partial charge in [-0.15, -0.1) is 0 Å². The molecule has 1 fully saturated rings. The number of hydrogen-bond acceptors (Lipinski definition) is 2. The Morgan fingerprint density at radius 2 is 1.65 bits per heavy atom. The van der Waals surface area contributed by atoms with Crippen molar-refractivity contribution in [1.29, 1.82) is 0 Å². The number of ether oxygens (including phenoxy) is 1. The second kappa shape index (κ2) is 6.64. The molecule has 0 amide bonds. The van der Waals surface area contributed by atoms with Crippen molar-refractivity contribution in [3.05, 3.63) is 35.9 Å². The van der Waals surface area contributed by atoms with Gasteiger partial charge in [0.2, 0.25) is 0 Å². The van der Waals surface area contributed by atoms with E-state index in [4.69, 9.17) is 10.5 Å². The predicted molar refractivity (Wildman–Crippen MR) is 75.8 cm³/mol. The van der Waals surface area contributed by atoms with Gasteiger partial charge in [0.25, 0.3) is 5.92 Å². The summed E-state index contributed by atoms with van der Waals surface area (Å²) >= 11 is 0. The maximum atomic E-state index is 13.9. The number of nitrogens with two attached hydrogens (primary N) is 1. The molecule has 2 rings (SSSR count). The third kappa shape index (κ3) is 4.25. The van der Waals surface area contributed by atoms with Gasteiger partial charge >= 0.3 is 0 Å². The van der Waals surface area contributed by atoms with E-state index >= 15 is 0 Å². The number of benzene rings is 1. The van der Waals surface area contributed by atoms with Crippen LogP contribution >= 0.6 is 0 Å². The average Bonchev–Trinajstić information content (AvgIpc) is 2.65. The molecule has 1 aromatic carbocycles. The highest BCUT2D eigenvalue weighted by Crippen LogP contribution is 2.30. The summed E-state index contributed by atoms with van der Waals surface area (Å²) in [6.07, 6.45) is 6.22. The minimum Gasteiger partial charge on any atom is -0.373 e. The minimum atomic E-state index is -2.96. The van der Waals surface area contributed by atoms with Crippen LogP contribution in [0.2, 0.25) is 0 Å². The molecule has 0 atom stereocenters. The summed E-state index contributed by atoms with van der Waals surface area (Å²) in [5.74, 6) is -2.96. The Kier molecular flexibility index (Phi) is 5.11. The normalized spacial score (nSPS) is 19.6. The fraction of sp³-hybridized carbons (Fsp3) is 0.625. The van der Waals surface area contributed by atoms with Gasteiger partial charge in [-0.2, -0.15) is 8.78 Å². The Morgan fingerprint density at radius 3 is 2.25 bits per heavy atom. The van der Waals surface area contributed by atoms with E-state index in [2.05, 4.69) is 0 Å². The van der Waals surface area contributed by atoms with E-state index in [1.54, 1.807) is 18.2 Å². The third-order valence-electron chi connectivity index (χ3n) is 3.97. The van der Waals surface area contributed by atoms with Crippen molar-refractivity contribution in [3.63, 3.8) is 0 Å². The van der Waals surface area contributed by atoms with Crippen molar-refractivity contribution in [2.45, 2.75) is 50.0 Å². The van der Waals surface area contributed by atoms with Crippen molar-refractivity contribution in [2.24, 2.45) is 5.73 Å². The first-order chi connectivity index (χ1) is 9.52. The summed E-state index contributed by atoms with van der Waals surface area (Å²) < 4.78 is 33.2. The SMILES string of the molecule is NC1(COCC(F)(F)c2ccccc2)CCCCCC1. The van der Waals surface area contributed by atoms with Gasteiger partial charge in [0.15, 0.2) is 0 Å². The lowest BCUT2D eigenvalue weighted by atomic mass is 9.92. The summed E-state index contributed by atoms with van der Waals surface area (Å²) in [5, 5.41) is 0. The van der Waals surface area contributed by atoms with Crippen LogP contribution in [0.1, 0.15) is 44.1 Å². The molecule has 20 heavy (non-hydrogen) atoms. The molecule has 112 valence electrons. The Hall–Kier alpha value is -1.00. The van der Waals surface area contributed by atoms with Crippen LogP contribution in [0, 0.1) is 0 Å². The topological polar surface area (TPSA) is 35.2 Å². The summed E-state index contributed by atoms with van der Waals surface area (Å²) in [4.78, 5) is 0. The van der Waals surface area contributed by atoms with Crippen molar-refractivity contribution in [3.8, 4) is 0 Å². The molecule has 0 spiro atoms. The molecule has 0 bridgehead atoms. The molecule has 0 radical (unpaired) electrons. The monoisotopic (exact) mass is 283 g/mol. The molecule has 1 aromatic rings. The third-order valence-corrected chi connectivity index (χ3v) is 3.97. The van der Waals surface area contributed by atoms with E-state index in [9.17, 15) is 8.78 Å². The molecule has 0 aromatic heterocycles. The van der Waals surface area contributed by atoms with Crippen molar-refractivity contribution in [1.82, 2.24) is 0 Å². The van der Waals surface area contributed by atoms with Crippen molar-refractivity contribution >= 4 is 0 Å². The van der Waals surface area contributed by atoms with E-state index in [-0.39, 0.29) is 12.2 Å². The summed E-state index contributed by atoms with van der Waals surface area (Å²) in [6.45, 7) is -0.384. The van der Waals surface area contributed by atoms with Crippen LogP contribution in [0.15, 0.2) is 30.3 Å². The molecule has 1 saturated carbocycles. The molecule has 4 heteroatoms. The number of alkyl halides is 2. The number of rotatable bonds is 5. The zero-order valence-corrected chi connectivity index (χ0v) is 11.8. The maximum Gasteiger partial charge on any atom is 0.296 e. The van der Waals surface area contributed by atoms with Crippen molar-refractivity contribution < 1.29 is 13.5 Å². The van der Waals surface area contributed by atoms with E-state index in [0.717, 1.165) is 25.7 Å². The summed E-state index contributed by atoms with van der Waals surface area (Å²) in [5.41, 5.74) is 5.82. The lowest BCUT2D eigenvalue weighted by Gasteiger charge is -2.28. The van der Waals surface area contributed by atoms with E-state index in [0.29, 0.717) is 0 Å². The maximum absolute atomic E-state index is 13.9. The molecular weight excluding hydrogens is 260 g/mol. The lowest BCUT2D eigenvalue weighted by molar-refractivity contribution is -0.0916.